The van der Waals surface area contributed by atoms with Crippen LogP contribution in [0.1, 0.15) is 30.4 Å². The van der Waals surface area contributed by atoms with E-state index in [1.54, 1.807) is 0 Å². The highest BCUT2D eigenvalue weighted by Gasteiger charge is 2.08. The van der Waals surface area contributed by atoms with Crippen molar-refractivity contribution in [1.82, 2.24) is 5.32 Å². The molecule has 5 N–H and O–H groups in total. The van der Waals surface area contributed by atoms with Crippen molar-refractivity contribution >= 4 is 11.8 Å². The molecule has 144 valence electrons. The molecule has 1 atom stereocenters. The van der Waals surface area contributed by atoms with E-state index >= 15 is 0 Å². The van der Waals surface area contributed by atoms with E-state index in [0.717, 1.165) is 29.7 Å². The lowest BCUT2D eigenvalue weighted by Crippen LogP contribution is -2.36. The summed E-state index contributed by atoms with van der Waals surface area (Å²) in [5.41, 5.74) is 12.7. The zero-order chi connectivity index (χ0) is 19.5. The maximum atomic E-state index is 12.0. The Morgan fingerprint density at radius 1 is 0.963 bits per heavy atom. The minimum Gasteiger partial charge on any atom is -0.489 e. The van der Waals surface area contributed by atoms with Crippen LogP contribution in [0, 0.1) is 0 Å². The van der Waals surface area contributed by atoms with E-state index in [2.05, 4.69) is 5.32 Å². The van der Waals surface area contributed by atoms with Crippen LogP contribution in [-0.4, -0.2) is 24.4 Å². The van der Waals surface area contributed by atoms with E-state index in [1.807, 2.05) is 54.6 Å². The van der Waals surface area contributed by atoms with Crippen LogP contribution < -0.4 is 21.5 Å². The summed E-state index contributed by atoms with van der Waals surface area (Å²) in [6.45, 7) is 1.07. The van der Waals surface area contributed by atoms with Crippen molar-refractivity contribution in [1.29, 1.82) is 0 Å². The van der Waals surface area contributed by atoms with Crippen LogP contribution in [0.2, 0.25) is 0 Å². The zero-order valence-electron chi connectivity index (χ0n) is 15.4. The van der Waals surface area contributed by atoms with Crippen LogP contribution in [-0.2, 0) is 22.6 Å². The molecule has 0 unspecified atom stereocenters. The highest BCUT2D eigenvalue weighted by molar-refractivity contribution is 5.79. The summed E-state index contributed by atoms with van der Waals surface area (Å²) in [4.78, 5) is 22.8. The molecule has 6 heteroatoms. The average Bonchev–Trinajstić information content (AvgIpc) is 2.67. The van der Waals surface area contributed by atoms with Gasteiger partial charge in [0.1, 0.15) is 12.4 Å². The predicted octanol–water partition coefficient (Wildman–Crippen LogP) is 1.91. The van der Waals surface area contributed by atoms with Crippen molar-refractivity contribution in [3.05, 3.63) is 65.7 Å². The number of hydrogen-bond donors (Lipinski definition) is 3. The second-order valence-corrected chi connectivity index (χ2v) is 6.45. The van der Waals surface area contributed by atoms with Crippen LogP contribution in [0.5, 0.6) is 5.75 Å². The van der Waals surface area contributed by atoms with Crippen molar-refractivity contribution in [2.75, 3.05) is 6.54 Å². The Hall–Kier alpha value is -2.86. The number of amides is 2. The van der Waals surface area contributed by atoms with Crippen molar-refractivity contribution in [3.8, 4) is 5.75 Å². The number of benzene rings is 2. The first-order valence-electron chi connectivity index (χ1n) is 9.12. The van der Waals surface area contributed by atoms with Crippen molar-refractivity contribution in [2.45, 2.75) is 38.3 Å². The second-order valence-electron chi connectivity index (χ2n) is 6.45. The van der Waals surface area contributed by atoms with Gasteiger partial charge in [-0.1, -0.05) is 42.5 Å². The van der Waals surface area contributed by atoms with Gasteiger partial charge in [0.25, 0.3) is 0 Å². The molecule has 0 saturated carbocycles. The largest absolute Gasteiger partial charge is 0.489 e. The van der Waals surface area contributed by atoms with Gasteiger partial charge >= 0.3 is 0 Å². The van der Waals surface area contributed by atoms with Gasteiger partial charge in [0, 0.05) is 6.54 Å². The minimum absolute atomic E-state index is 0.0350. The molecule has 2 amide bonds. The molecule has 2 aromatic carbocycles. The lowest BCUT2D eigenvalue weighted by atomic mass is 10.1. The summed E-state index contributed by atoms with van der Waals surface area (Å²) in [5.74, 6) is 0.246. The zero-order valence-corrected chi connectivity index (χ0v) is 15.4. The third-order valence-corrected chi connectivity index (χ3v) is 4.17. The fourth-order valence-electron chi connectivity index (χ4n) is 2.55. The lowest BCUT2D eigenvalue weighted by molar-refractivity contribution is -0.121. The number of primary amides is 1. The molecule has 0 aromatic heterocycles. The van der Waals surface area contributed by atoms with Crippen LogP contribution in [0.25, 0.3) is 0 Å². The second kappa shape index (κ2) is 11.0. The number of carbonyl (C=O) groups is 2. The molecule has 0 aliphatic carbocycles. The standard InChI is InChI=1S/C21H27N3O3/c22-19(21(23)26)8-4-5-13-24-20(25)14-16-9-11-18(12-10-16)27-15-17-6-2-1-3-7-17/h1-3,6-7,9-12,19H,4-5,8,13-15,22H2,(H2,23,26)(H,24,25)/t19-/m0/s1. The number of hydrogen-bond acceptors (Lipinski definition) is 4. The van der Waals surface area contributed by atoms with Crippen LogP contribution >= 0.6 is 0 Å². The monoisotopic (exact) mass is 369 g/mol. The summed E-state index contributed by atoms with van der Waals surface area (Å²) < 4.78 is 5.74. The molecule has 0 aliphatic rings. The SMILES string of the molecule is NC(=O)[C@@H](N)CCCCNC(=O)Cc1ccc(OCc2ccccc2)cc1. The van der Waals surface area contributed by atoms with Crippen LogP contribution in [0.4, 0.5) is 0 Å². The number of carbonyl (C=O) groups excluding carboxylic acids is 2. The molecule has 2 aromatic rings. The van der Waals surface area contributed by atoms with Crippen molar-refractivity contribution in [2.24, 2.45) is 11.5 Å². The Morgan fingerprint density at radius 3 is 2.33 bits per heavy atom. The molecule has 2 rings (SSSR count). The van der Waals surface area contributed by atoms with Gasteiger partial charge in [0.2, 0.25) is 11.8 Å². The highest BCUT2D eigenvalue weighted by Crippen LogP contribution is 2.14. The molecule has 0 bridgehead atoms. The van der Waals surface area contributed by atoms with Gasteiger partial charge in [0.05, 0.1) is 12.5 Å². The number of rotatable bonds is 11. The first-order valence-corrected chi connectivity index (χ1v) is 9.12. The highest BCUT2D eigenvalue weighted by atomic mass is 16.5. The fourth-order valence-corrected chi connectivity index (χ4v) is 2.55. The first kappa shape index (κ1) is 20.5. The van der Waals surface area contributed by atoms with Gasteiger partial charge < -0.3 is 21.5 Å². The predicted molar refractivity (Wildman–Crippen MR) is 105 cm³/mol. The molecule has 0 spiro atoms. The molecule has 0 aliphatic heterocycles. The summed E-state index contributed by atoms with van der Waals surface area (Å²) in [6.07, 6.45) is 2.37. The van der Waals surface area contributed by atoms with Gasteiger partial charge in [-0.05, 0) is 42.5 Å². The van der Waals surface area contributed by atoms with E-state index in [9.17, 15) is 9.59 Å². The summed E-state index contributed by atoms with van der Waals surface area (Å²) in [6, 6.07) is 16.9. The molecule has 0 heterocycles. The van der Waals surface area contributed by atoms with E-state index in [-0.39, 0.29) is 5.91 Å². The summed E-state index contributed by atoms with van der Waals surface area (Å²) >= 11 is 0. The van der Waals surface area contributed by atoms with Gasteiger partial charge in [-0.15, -0.1) is 0 Å². The fraction of sp³-hybridized carbons (Fsp3) is 0.333. The van der Waals surface area contributed by atoms with Crippen molar-refractivity contribution in [3.63, 3.8) is 0 Å². The minimum atomic E-state index is -0.608. The summed E-state index contributed by atoms with van der Waals surface area (Å²) in [5, 5.41) is 2.87. The van der Waals surface area contributed by atoms with Gasteiger partial charge in [-0.2, -0.15) is 0 Å². The third-order valence-electron chi connectivity index (χ3n) is 4.17. The van der Waals surface area contributed by atoms with Gasteiger partial charge in [-0.25, -0.2) is 0 Å². The van der Waals surface area contributed by atoms with Gasteiger partial charge in [0.15, 0.2) is 0 Å². The smallest absolute Gasteiger partial charge is 0.234 e. The Kier molecular flexibility index (Phi) is 8.32. The van der Waals surface area contributed by atoms with Crippen molar-refractivity contribution < 1.29 is 14.3 Å². The average molecular weight is 369 g/mol. The maximum Gasteiger partial charge on any atom is 0.234 e. The topological polar surface area (TPSA) is 107 Å². The Bertz CT molecular complexity index is 717. The molecule has 0 saturated heterocycles. The van der Waals surface area contributed by atoms with E-state index in [0.29, 0.717) is 26.0 Å². The molecular formula is C21H27N3O3. The number of nitrogens with two attached hydrogens (primary N) is 2. The third kappa shape index (κ3) is 7.92. The number of unbranched alkanes of at least 4 members (excludes halogenated alkanes) is 1. The summed E-state index contributed by atoms with van der Waals surface area (Å²) in [7, 11) is 0. The quantitative estimate of drug-likeness (QED) is 0.526. The Balaban J connectivity index is 1.65. The molecule has 6 nitrogen and oxygen atoms in total. The van der Waals surface area contributed by atoms with E-state index in [1.165, 1.54) is 0 Å². The Morgan fingerprint density at radius 2 is 1.67 bits per heavy atom. The van der Waals surface area contributed by atoms with Crippen LogP contribution in [0.15, 0.2) is 54.6 Å². The maximum absolute atomic E-state index is 12.0. The Labute approximate surface area is 159 Å². The first-order chi connectivity index (χ1) is 13.0. The number of nitrogens with one attached hydrogen (secondary N) is 1. The molecule has 27 heavy (non-hydrogen) atoms. The molecular weight excluding hydrogens is 342 g/mol. The van der Waals surface area contributed by atoms with Crippen LogP contribution in [0.3, 0.4) is 0 Å². The molecule has 0 radical (unpaired) electrons. The molecule has 0 fully saturated rings. The van der Waals surface area contributed by atoms with E-state index in [4.69, 9.17) is 16.2 Å². The van der Waals surface area contributed by atoms with E-state index < -0.39 is 11.9 Å². The number of ether oxygens (including phenoxy) is 1. The lowest BCUT2D eigenvalue weighted by Gasteiger charge is -2.09. The van der Waals surface area contributed by atoms with Gasteiger partial charge in [-0.3, -0.25) is 9.59 Å². The normalized spacial score (nSPS) is 11.6.